The molecule has 1 saturated carbocycles. The number of carbonyl (C=O) groups is 1. The third-order valence-electron chi connectivity index (χ3n) is 3.19. The minimum absolute atomic E-state index is 0.456. The average molecular weight is 231 g/mol. The van der Waals surface area contributed by atoms with Gasteiger partial charge in [-0.25, -0.2) is 0 Å². The summed E-state index contributed by atoms with van der Waals surface area (Å²) < 4.78 is 0. The van der Waals surface area contributed by atoms with E-state index in [9.17, 15) is 4.79 Å². The van der Waals surface area contributed by atoms with E-state index < -0.39 is 0 Å². The molecule has 0 atom stereocenters. The van der Waals surface area contributed by atoms with E-state index in [0.717, 1.165) is 5.75 Å². The van der Waals surface area contributed by atoms with Crippen molar-refractivity contribution in [2.24, 2.45) is 5.92 Å². The van der Waals surface area contributed by atoms with Crippen molar-refractivity contribution in [1.29, 1.82) is 0 Å². The Kier molecular flexibility index (Phi) is 4.24. The first-order chi connectivity index (χ1) is 6.86. The monoisotopic (exact) mass is 231 g/mol. The standard InChI is InChI=1S/C11H19OS2/c12-11(10-3-1-2-4-10)9-14-7-5-13-6-8-14/h10H,1-9H2/q+1. The van der Waals surface area contributed by atoms with E-state index in [1.54, 1.807) is 0 Å². The van der Waals surface area contributed by atoms with Crippen LogP contribution in [0.5, 0.6) is 0 Å². The zero-order chi connectivity index (χ0) is 9.80. The summed E-state index contributed by atoms with van der Waals surface area (Å²) in [5.41, 5.74) is 0. The molecule has 2 fully saturated rings. The summed E-state index contributed by atoms with van der Waals surface area (Å²) in [6.45, 7) is 0. The van der Waals surface area contributed by atoms with Gasteiger partial charge in [0.2, 0.25) is 0 Å². The highest BCUT2D eigenvalue weighted by Crippen LogP contribution is 2.26. The molecular weight excluding hydrogens is 212 g/mol. The number of hydrogen-bond acceptors (Lipinski definition) is 2. The van der Waals surface area contributed by atoms with Crippen LogP contribution in [-0.2, 0) is 15.7 Å². The predicted molar refractivity (Wildman–Crippen MR) is 66.3 cm³/mol. The topological polar surface area (TPSA) is 17.1 Å². The van der Waals surface area contributed by atoms with Gasteiger partial charge in [-0.3, -0.25) is 4.79 Å². The van der Waals surface area contributed by atoms with Crippen molar-refractivity contribution in [1.82, 2.24) is 0 Å². The Labute approximate surface area is 93.8 Å². The molecule has 0 amide bonds. The summed E-state index contributed by atoms with van der Waals surface area (Å²) in [4.78, 5) is 11.9. The molecule has 2 rings (SSSR count). The molecule has 0 spiro atoms. The Balaban J connectivity index is 1.75. The smallest absolute Gasteiger partial charge is 0.184 e. The van der Waals surface area contributed by atoms with Gasteiger partial charge in [0.15, 0.2) is 11.5 Å². The number of hydrogen-bond donors (Lipinski definition) is 0. The largest absolute Gasteiger partial charge is 0.294 e. The molecule has 2 aliphatic rings. The second-order valence-corrected chi connectivity index (χ2v) is 7.78. The van der Waals surface area contributed by atoms with Crippen molar-refractivity contribution in [3.8, 4) is 0 Å². The molecule has 0 N–H and O–H groups in total. The molecule has 0 aromatic rings. The third kappa shape index (κ3) is 2.93. The molecule has 0 bridgehead atoms. The highest BCUT2D eigenvalue weighted by Gasteiger charge is 2.30. The van der Waals surface area contributed by atoms with Gasteiger partial charge < -0.3 is 0 Å². The van der Waals surface area contributed by atoms with E-state index in [-0.39, 0.29) is 0 Å². The minimum Gasteiger partial charge on any atom is -0.294 e. The van der Waals surface area contributed by atoms with Crippen LogP contribution in [0.15, 0.2) is 0 Å². The van der Waals surface area contributed by atoms with Crippen molar-refractivity contribution in [2.75, 3.05) is 28.8 Å². The molecule has 1 heterocycles. The van der Waals surface area contributed by atoms with Crippen LogP contribution in [0.1, 0.15) is 25.7 Å². The van der Waals surface area contributed by atoms with E-state index in [4.69, 9.17) is 0 Å². The minimum atomic E-state index is 0.456. The van der Waals surface area contributed by atoms with Crippen molar-refractivity contribution in [2.45, 2.75) is 25.7 Å². The summed E-state index contributed by atoms with van der Waals surface area (Å²) >= 11 is 2.05. The first-order valence-electron chi connectivity index (χ1n) is 5.61. The molecule has 14 heavy (non-hydrogen) atoms. The molecule has 0 aromatic carbocycles. The van der Waals surface area contributed by atoms with E-state index in [1.807, 2.05) is 0 Å². The molecule has 1 saturated heterocycles. The van der Waals surface area contributed by atoms with Crippen LogP contribution < -0.4 is 0 Å². The zero-order valence-corrected chi connectivity index (χ0v) is 10.3. The van der Waals surface area contributed by atoms with Crippen LogP contribution in [0.25, 0.3) is 0 Å². The summed E-state index contributed by atoms with van der Waals surface area (Å²) in [6, 6.07) is 0. The number of carbonyl (C=O) groups excluding carboxylic acids is 1. The quantitative estimate of drug-likeness (QED) is 0.692. The molecule has 0 aromatic heterocycles. The van der Waals surface area contributed by atoms with E-state index in [2.05, 4.69) is 11.8 Å². The zero-order valence-electron chi connectivity index (χ0n) is 8.67. The highest BCUT2D eigenvalue weighted by molar-refractivity contribution is 8.05. The normalized spacial score (nSPS) is 25.4. The lowest BCUT2D eigenvalue weighted by Gasteiger charge is -2.14. The Bertz CT molecular complexity index is 193. The number of Topliss-reactive ketones (excluding diaryl/α,β-unsaturated/α-hetero) is 1. The van der Waals surface area contributed by atoms with Gasteiger partial charge in [0.1, 0.15) is 11.5 Å². The molecule has 0 unspecified atom stereocenters. The molecule has 1 nitrogen and oxygen atoms in total. The second kappa shape index (κ2) is 5.45. The molecule has 0 radical (unpaired) electrons. The van der Waals surface area contributed by atoms with E-state index in [1.165, 1.54) is 48.7 Å². The van der Waals surface area contributed by atoms with Gasteiger partial charge in [0, 0.05) is 17.4 Å². The van der Waals surface area contributed by atoms with Crippen LogP contribution in [0.3, 0.4) is 0 Å². The lowest BCUT2D eigenvalue weighted by atomic mass is 10.0. The fraction of sp³-hybridized carbons (Fsp3) is 0.909. The number of rotatable bonds is 3. The lowest BCUT2D eigenvalue weighted by molar-refractivity contribution is -0.120. The lowest BCUT2D eigenvalue weighted by Crippen LogP contribution is -2.30. The number of ketones is 1. The van der Waals surface area contributed by atoms with E-state index >= 15 is 0 Å². The summed E-state index contributed by atoms with van der Waals surface area (Å²) in [5, 5.41) is 0. The first-order valence-corrected chi connectivity index (χ1v) is 8.49. The van der Waals surface area contributed by atoms with Crippen molar-refractivity contribution < 1.29 is 4.79 Å². The van der Waals surface area contributed by atoms with Crippen LogP contribution in [0.2, 0.25) is 0 Å². The molecule has 1 aliphatic heterocycles. The van der Waals surface area contributed by atoms with Gasteiger partial charge in [-0.2, -0.15) is 11.8 Å². The van der Waals surface area contributed by atoms with Gasteiger partial charge in [-0.05, 0) is 23.7 Å². The second-order valence-electron chi connectivity index (χ2n) is 4.23. The Morgan fingerprint density at radius 2 is 1.86 bits per heavy atom. The summed E-state index contributed by atoms with van der Waals surface area (Å²) in [6.07, 6.45) is 4.95. The first kappa shape index (κ1) is 10.9. The molecule has 80 valence electrons. The van der Waals surface area contributed by atoms with Gasteiger partial charge >= 0.3 is 0 Å². The third-order valence-corrected chi connectivity index (χ3v) is 6.95. The average Bonchev–Trinajstić information content (AvgIpc) is 2.72. The van der Waals surface area contributed by atoms with Gasteiger partial charge in [0.25, 0.3) is 0 Å². The molecular formula is C11H19OS2+. The maximum Gasteiger partial charge on any atom is 0.184 e. The molecule has 3 heteroatoms. The van der Waals surface area contributed by atoms with E-state index in [0.29, 0.717) is 22.6 Å². The van der Waals surface area contributed by atoms with Gasteiger partial charge in [-0.15, -0.1) is 0 Å². The fourth-order valence-corrected chi connectivity index (χ4v) is 6.43. The predicted octanol–water partition coefficient (Wildman–Crippen LogP) is 2.11. The maximum atomic E-state index is 11.9. The highest BCUT2D eigenvalue weighted by atomic mass is 32.2. The van der Waals surface area contributed by atoms with Crippen molar-refractivity contribution >= 4 is 28.4 Å². The summed E-state index contributed by atoms with van der Waals surface area (Å²) in [5.74, 6) is 7.18. The Morgan fingerprint density at radius 3 is 2.50 bits per heavy atom. The maximum absolute atomic E-state index is 11.9. The SMILES string of the molecule is O=C(C[S+]1CCSCC1)C1CCCC1. The van der Waals surface area contributed by atoms with Crippen molar-refractivity contribution in [3.05, 3.63) is 0 Å². The van der Waals surface area contributed by atoms with Crippen molar-refractivity contribution in [3.63, 3.8) is 0 Å². The van der Waals surface area contributed by atoms with Crippen LogP contribution in [0, 0.1) is 5.92 Å². The Morgan fingerprint density at radius 1 is 1.21 bits per heavy atom. The Hall–Kier alpha value is 0.370. The van der Waals surface area contributed by atoms with Crippen LogP contribution in [-0.4, -0.2) is 34.5 Å². The number of thioether (sulfide) groups is 1. The van der Waals surface area contributed by atoms with Gasteiger partial charge in [-0.1, -0.05) is 12.8 Å². The summed E-state index contributed by atoms with van der Waals surface area (Å²) in [7, 11) is 0.459. The van der Waals surface area contributed by atoms with Gasteiger partial charge in [0.05, 0.1) is 0 Å². The molecule has 1 aliphatic carbocycles. The van der Waals surface area contributed by atoms with Crippen LogP contribution in [0.4, 0.5) is 0 Å². The van der Waals surface area contributed by atoms with Crippen LogP contribution >= 0.6 is 11.8 Å². The fourth-order valence-electron chi connectivity index (χ4n) is 2.27.